The van der Waals surface area contributed by atoms with Crippen molar-refractivity contribution in [1.29, 1.82) is 0 Å². The highest BCUT2D eigenvalue weighted by Gasteiger charge is 2.26. The summed E-state index contributed by atoms with van der Waals surface area (Å²) in [6.45, 7) is 1.75. The number of nitrogens with zero attached hydrogens (tertiary/aromatic N) is 4. The Balaban J connectivity index is 1.60. The van der Waals surface area contributed by atoms with Crippen LogP contribution in [0.3, 0.4) is 0 Å². The fraction of sp³-hybridized carbons (Fsp3) is 0.471. The van der Waals surface area contributed by atoms with E-state index >= 15 is 0 Å². The summed E-state index contributed by atoms with van der Waals surface area (Å²) >= 11 is 0. The maximum absolute atomic E-state index is 12.6. The molecule has 1 unspecified atom stereocenters. The van der Waals surface area contributed by atoms with Gasteiger partial charge in [-0.25, -0.2) is 0 Å². The van der Waals surface area contributed by atoms with Crippen LogP contribution in [0, 0.1) is 0 Å². The van der Waals surface area contributed by atoms with Crippen molar-refractivity contribution in [1.82, 2.24) is 19.7 Å². The third-order valence-corrected chi connectivity index (χ3v) is 4.28. The fourth-order valence-electron chi connectivity index (χ4n) is 3.12. The Labute approximate surface area is 131 Å². The predicted molar refractivity (Wildman–Crippen MR) is 84.1 cm³/mol. The molecule has 1 atom stereocenters. The Hall–Kier alpha value is -2.17. The summed E-state index contributed by atoms with van der Waals surface area (Å²) in [4.78, 5) is 18.8. The normalized spacial score (nSPS) is 18.4. The van der Waals surface area contributed by atoms with Crippen molar-refractivity contribution in [2.24, 2.45) is 0 Å². The van der Waals surface area contributed by atoms with Gasteiger partial charge in [-0.1, -0.05) is 6.07 Å². The van der Waals surface area contributed by atoms with Crippen LogP contribution in [0.25, 0.3) is 0 Å². The zero-order valence-corrected chi connectivity index (χ0v) is 12.8. The van der Waals surface area contributed by atoms with Crippen molar-refractivity contribution >= 4 is 5.91 Å². The molecule has 0 bridgehead atoms. The molecule has 5 nitrogen and oxygen atoms in total. The van der Waals surface area contributed by atoms with E-state index < -0.39 is 0 Å². The molecule has 0 aromatic carbocycles. The van der Waals surface area contributed by atoms with Gasteiger partial charge in [0.25, 0.3) is 0 Å². The zero-order chi connectivity index (χ0) is 15.2. The van der Waals surface area contributed by atoms with Crippen molar-refractivity contribution in [3.63, 3.8) is 0 Å². The molecule has 1 aliphatic rings. The van der Waals surface area contributed by atoms with Crippen LogP contribution < -0.4 is 0 Å². The third kappa shape index (κ3) is 3.72. The number of hydrogen-bond donors (Lipinski definition) is 0. The molecule has 116 valence electrons. The van der Waals surface area contributed by atoms with Gasteiger partial charge in [-0.2, -0.15) is 5.10 Å². The summed E-state index contributed by atoms with van der Waals surface area (Å²) in [5, 5.41) is 4.24. The van der Waals surface area contributed by atoms with E-state index in [1.807, 2.05) is 29.1 Å². The van der Waals surface area contributed by atoms with E-state index in [4.69, 9.17) is 0 Å². The van der Waals surface area contributed by atoms with Gasteiger partial charge in [-0.3, -0.25) is 14.5 Å². The number of aryl methyl sites for hydroxylation is 1. The van der Waals surface area contributed by atoms with E-state index in [2.05, 4.69) is 15.0 Å². The second-order valence-electron chi connectivity index (χ2n) is 5.83. The van der Waals surface area contributed by atoms with Gasteiger partial charge in [0.05, 0.1) is 6.42 Å². The minimum Gasteiger partial charge on any atom is -0.339 e. The van der Waals surface area contributed by atoms with Crippen molar-refractivity contribution < 1.29 is 4.79 Å². The molecular weight excluding hydrogens is 276 g/mol. The van der Waals surface area contributed by atoms with E-state index in [9.17, 15) is 4.79 Å². The first kappa shape index (κ1) is 14.8. The Morgan fingerprint density at radius 2 is 2.23 bits per heavy atom. The van der Waals surface area contributed by atoms with Crippen LogP contribution in [0.15, 0.2) is 43.0 Å². The number of likely N-dealkylation sites (tertiary alicyclic amines) is 1. The molecule has 2 aromatic heterocycles. The first-order valence-corrected chi connectivity index (χ1v) is 7.99. The molecule has 22 heavy (non-hydrogen) atoms. The van der Waals surface area contributed by atoms with Gasteiger partial charge in [-0.05, 0) is 43.4 Å². The lowest BCUT2D eigenvalue weighted by Gasteiger charge is -2.36. The van der Waals surface area contributed by atoms with Crippen molar-refractivity contribution in [3.8, 4) is 0 Å². The maximum Gasteiger partial charge on any atom is 0.227 e. The summed E-state index contributed by atoms with van der Waals surface area (Å²) in [5.41, 5.74) is 0.990. The van der Waals surface area contributed by atoms with Crippen molar-refractivity contribution in [3.05, 3.63) is 48.5 Å². The van der Waals surface area contributed by atoms with Gasteiger partial charge >= 0.3 is 0 Å². The summed E-state index contributed by atoms with van der Waals surface area (Å²) in [5.74, 6) is 0.221. The highest BCUT2D eigenvalue weighted by Crippen LogP contribution is 2.21. The lowest BCUT2D eigenvalue weighted by Crippen LogP contribution is -2.44. The number of piperidine rings is 1. The van der Waals surface area contributed by atoms with Crippen LogP contribution in [-0.2, 0) is 17.8 Å². The largest absolute Gasteiger partial charge is 0.339 e. The highest BCUT2D eigenvalue weighted by molar-refractivity contribution is 5.79. The molecule has 1 aliphatic heterocycles. The molecular formula is C17H22N4O. The lowest BCUT2D eigenvalue weighted by molar-refractivity contribution is -0.134. The van der Waals surface area contributed by atoms with E-state index in [0.29, 0.717) is 12.5 Å². The van der Waals surface area contributed by atoms with Crippen LogP contribution >= 0.6 is 0 Å². The standard InChI is InChI=1S/C17H22N4O/c22-17(13-15-5-3-8-18-14-15)21-11-2-1-6-16(21)7-12-20-10-4-9-19-20/h3-5,8-10,14,16H,1-2,6-7,11-13H2. The minimum atomic E-state index is 0.221. The topological polar surface area (TPSA) is 51.0 Å². The van der Waals surface area contributed by atoms with E-state index in [0.717, 1.165) is 37.9 Å². The monoisotopic (exact) mass is 298 g/mol. The van der Waals surface area contributed by atoms with Gasteiger partial charge in [0.15, 0.2) is 0 Å². The Bertz CT molecular complexity index is 582. The first-order chi connectivity index (χ1) is 10.8. The average Bonchev–Trinajstić information content (AvgIpc) is 3.07. The molecule has 3 rings (SSSR count). The second-order valence-corrected chi connectivity index (χ2v) is 5.83. The number of aromatic nitrogens is 3. The van der Waals surface area contributed by atoms with Crippen LogP contribution in [-0.4, -0.2) is 38.2 Å². The van der Waals surface area contributed by atoms with E-state index in [1.54, 1.807) is 18.6 Å². The molecule has 1 fully saturated rings. The molecule has 1 saturated heterocycles. The van der Waals surface area contributed by atoms with E-state index in [-0.39, 0.29) is 5.91 Å². The van der Waals surface area contributed by atoms with Crippen molar-refractivity contribution in [2.75, 3.05) is 6.54 Å². The Morgan fingerprint density at radius 3 is 3.00 bits per heavy atom. The molecule has 5 heteroatoms. The molecule has 3 heterocycles. The predicted octanol–water partition coefficient (Wildman–Crippen LogP) is 2.29. The van der Waals surface area contributed by atoms with Gasteiger partial charge < -0.3 is 4.90 Å². The van der Waals surface area contributed by atoms with Crippen LogP contribution in [0.5, 0.6) is 0 Å². The van der Waals surface area contributed by atoms with Crippen LogP contribution in [0.4, 0.5) is 0 Å². The van der Waals surface area contributed by atoms with Gasteiger partial charge in [0.1, 0.15) is 0 Å². The molecule has 0 N–H and O–H groups in total. The minimum absolute atomic E-state index is 0.221. The molecule has 0 spiro atoms. The molecule has 1 amide bonds. The van der Waals surface area contributed by atoms with Gasteiger partial charge in [0.2, 0.25) is 5.91 Å². The highest BCUT2D eigenvalue weighted by atomic mass is 16.2. The molecule has 0 saturated carbocycles. The molecule has 0 aliphatic carbocycles. The van der Waals surface area contributed by atoms with Gasteiger partial charge in [-0.15, -0.1) is 0 Å². The number of pyridine rings is 1. The molecule has 0 radical (unpaired) electrons. The van der Waals surface area contributed by atoms with E-state index in [1.165, 1.54) is 6.42 Å². The molecule has 2 aromatic rings. The average molecular weight is 298 g/mol. The summed E-state index contributed by atoms with van der Waals surface area (Å²) < 4.78 is 1.94. The Kier molecular flexibility index (Phi) is 4.83. The quantitative estimate of drug-likeness (QED) is 0.851. The number of hydrogen-bond acceptors (Lipinski definition) is 3. The summed E-state index contributed by atoms with van der Waals surface area (Å²) in [6.07, 6.45) is 12.1. The number of amides is 1. The van der Waals surface area contributed by atoms with Crippen molar-refractivity contribution in [2.45, 2.75) is 44.7 Å². The third-order valence-electron chi connectivity index (χ3n) is 4.28. The zero-order valence-electron chi connectivity index (χ0n) is 12.8. The first-order valence-electron chi connectivity index (χ1n) is 7.99. The number of carbonyl (C=O) groups excluding carboxylic acids is 1. The maximum atomic E-state index is 12.6. The number of rotatable bonds is 5. The summed E-state index contributed by atoms with van der Waals surface area (Å²) in [7, 11) is 0. The summed E-state index contributed by atoms with van der Waals surface area (Å²) in [6, 6.07) is 6.12. The van der Waals surface area contributed by atoms with Crippen LogP contribution in [0.1, 0.15) is 31.2 Å². The Morgan fingerprint density at radius 1 is 1.27 bits per heavy atom. The second kappa shape index (κ2) is 7.20. The smallest absolute Gasteiger partial charge is 0.227 e. The van der Waals surface area contributed by atoms with Gasteiger partial charge in [0, 0.05) is 43.9 Å². The van der Waals surface area contributed by atoms with Crippen LogP contribution in [0.2, 0.25) is 0 Å². The fourth-order valence-corrected chi connectivity index (χ4v) is 3.12. The number of carbonyl (C=O) groups is 1. The lowest BCUT2D eigenvalue weighted by atomic mass is 9.98. The SMILES string of the molecule is O=C(Cc1cccnc1)N1CCCCC1CCn1cccn1.